The van der Waals surface area contributed by atoms with E-state index >= 15 is 0 Å². The summed E-state index contributed by atoms with van der Waals surface area (Å²) in [6, 6.07) is 9.90. The molecule has 2 aromatic rings. The number of nitrogens with one attached hydrogen (secondary N) is 2. The van der Waals surface area contributed by atoms with Crippen molar-refractivity contribution in [2.45, 2.75) is 33.2 Å². The highest BCUT2D eigenvalue weighted by Gasteiger charge is 2.05. The van der Waals surface area contributed by atoms with Crippen LogP contribution in [0.25, 0.3) is 0 Å². The number of benzene rings is 1. The van der Waals surface area contributed by atoms with E-state index in [4.69, 9.17) is 4.74 Å². The highest BCUT2D eigenvalue weighted by Crippen LogP contribution is 2.18. The maximum atomic E-state index is 5.35. The molecule has 0 aliphatic heterocycles. The van der Waals surface area contributed by atoms with E-state index in [1.54, 1.807) is 7.11 Å². The number of aromatic nitrogens is 2. The molecule has 0 unspecified atom stereocenters. The lowest BCUT2D eigenvalue weighted by Gasteiger charge is -2.11. The number of aryl methyl sites for hydroxylation is 1. The number of hydrogen-bond donors (Lipinski definition) is 2. The second-order valence-electron chi connectivity index (χ2n) is 5.16. The molecule has 0 aliphatic carbocycles. The van der Waals surface area contributed by atoms with E-state index < -0.39 is 0 Å². The largest absolute Gasteiger partial charge is 0.496 e. The summed E-state index contributed by atoms with van der Waals surface area (Å²) in [6.45, 7) is 5.70. The number of para-hydroxylation sites is 1. The molecule has 0 saturated heterocycles. The molecule has 5 nitrogen and oxygen atoms in total. The summed E-state index contributed by atoms with van der Waals surface area (Å²) in [4.78, 5) is 8.93. The predicted molar refractivity (Wildman–Crippen MR) is 90.5 cm³/mol. The van der Waals surface area contributed by atoms with Gasteiger partial charge in [-0.3, -0.25) is 0 Å². The number of unbranched alkanes of at least 4 members (excludes halogenated alkanes) is 1. The molecule has 0 bridgehead atoms. The lowest BCUT2D eigenvalue weighted by molar-refractivity contribution is 0.410. The van der Waals surface area contributed by atoms with E-state index in [1.807, 2.05) is 37.3 Å². The predicted octanol–water partition coefficient (Wildman–Crippen LogP) is 3.62. The lowest BCUT2D eigenvalue weighted by Crippen LogP contribution is -2.09. The molecule has 1 heterocycles. The van der Waals surface area contributed by atoms with Gasteiger partial charge in [-0.05, 0) is 19.4 Å². The van der Waals surface area contributed by atoms with Crippen LogP contribution >= 0.6 is 0 Å². The third kappa shape index (κ3) is 4.62. The monoisotopic (exact) mass is 300 g/mol. The van der Waals surface area contributed by atoms with Gasteiger partial charge in [-0.15, -0.1) is 0 Å². The molecular weight excluding hydrogens is 276 g/mol. The van der Waals surface area contributed by atoms with Gasteiger partial charge in [0.05, 0.1) is 7.11 Å². The number of nitrogens with zero attached hydrogens (tertiary/aromatic N) is 2. The molecule has 22 heavy (non-hydrogen) atoms. The van der Waals surface area contributed by atoms with E-state index in [0.29, 0.717) is 12.5 Å². The first-order chi connectivity index (χ1) is 10.7. The Morgan fingerprint density at radius 2 is 1.95 bits per heavy atom. The van der Waals surface area contributed by atoms with Crippen LogP contribution in [-0.4, -0.2) is 23.6 Å². The second kappa shape index (κ2) is 8.22. The van der Waals surface area contributed by atoms with Crippen LogP contribution in [0.4, 0.5) is 11.8 Å². The zero-order valence-corrected chi connectivity index (χ0v) is 13.5. The average molecular weight is 300 g/mol. The first-order valence-corrected chi connectivity index (χ1v) is 7.68. The molecule has 0 amide bonds. The minimum absolute atomic E-state index is 0.627. The molecule has 0 atom stereocenters. The first-order valence-electron chi connectivity index (χ1n) is 7.68. The van der Waals surface area contributed by atoms with Crippen LogP contribution in [0.2, 0.25) is 0 Å². The van der Waals surface area contributed by atoms with E-state index in [-0.39, 0.29) is 0 Å². The maximum Gasteiger partial charge on any atom is 0.225 e. The Morgan fingerprint density at radius 1 is 1.14 bits per heavy atom. The fraction of sp³-hybridized carbons (Fsp3) is 0.412. The van der Waals surface area contributed by atoms with Crippen molar-refractivity contribution >= 4 is 11.8 Å². The molecule has 0 fully saturated rings. The van der Waals surface area contributed by atoms with E-state index in [0.717, 1.165) is 42.2 Å². The topological polar surface area (TPSA) is 59.1 Å². The fourth-order valence-corrected chi connectivity index (χ4v) is 2.15. The summed E-state index contributed by atoms with van der Waals surface area (Å²) in [5.41, 5.74) is 2.02. The number of methoxy groups -OCH3 is 1. The Morgan fingerprint density at radius 3 is 2.73 bits per heavy atom. The Balaban J connectivity index is 2.03. The third-order valence-electron chi connectivity index (χ3n) is 3.32. The Labute approximate surface area is 132 Å². The molecule has 0 aliphatic rings. The molecule has 0 spiro atoms. The molecular formula is C17H24N4O. The van der Waals surface area contributed by atoms with Gasteiger partial charge in [-0.2, -0.15) is 4.98 Å². The van der Waals surface area contributed by atoms with Crippen molar-refractivity contribution in [1.82, 2.24) is 9.97 Å². The minimum Gasteiger partial charge on any atom is -0.496 e. The molecule has 0 radical (unpaired) electrons. The van der Waals surface area contributed by atoms with E-state index in [9.17, 15) is 0 Å². The van der Waals surface area contributed by atoms with Crippen LogP contribution in [0.1, 0.15) is 31.0 Å². The Bertz CT molecular complexity index is 601. The van der Waals surface area contributed by atoms with Crippen molar-refractivity contribution in [3.63, 3.8) is 0 Å². The highest BCUT2D eigenvalue weighted by atomic mass is 16.5. The second-order valence-corrected chi connectivity index (χ2v) is 5.16. The SMILES string of the molecule is CCCCNc1cc(C)nc(NCc2ccccc2OC)n1. The van der Waals surface area contributed by atoms with Crippen LogP contribution in [-0.2, 0) is 6.54 Å². The quantitative estimate of drug-likeness (QED) is 0.729. The first kappa shape index (κ1) is 16.1. The van der Waals surface area contributed by atoms with E-state index in [1.165, 1.54) is 0 Å². The van der Waals surface area contributed by atoms with Gasteiger partial charge in [0, 0.05) is 30.4 Å². The van der Waals surface area contributed by atoms with Gasteiger partial charge < -0.3 is 15.4 Å². The van der Waals surface area contributed by atoms with Crippen molar-refractivity contribution in [2.75, 3.05) is 24.3 Å². The van der Waals surface area contributed by atoms with Crippen LogP contribution in [0, 0.1) is 6.92 Å². The van der Waals surface area contributed by atoms with Crippen LogP contribution in [0.15, 0.2) is 30.3 Å². The third-order valence-corrected chi connectivity index (χ3v) is 3.32. The van der Waals surface area contributed by atoms with Crippen LogP contribution < -0.4 is 15.4 Å². The van der Waals surface area contributed by atoms with Crippen molar-refractivity contribution in [3.05, 3.63) is 41.6 Å². The lowest BCUT2D eigenvalue weighted by atomic mass is 10.2. The molecule has 2 N–H and O–H groups in total. The average Bonchev–Trinajstić information content (AvgIpc) is 2.53. The van der Waals surface area contributed by atoms with Crippen LogP contribution in [0.3, 0.4) is 0 Å². The van der Waals surface area contributed by atoms with Gasteiger partial charge in [-0.1, -0.05) is 31.5 Å². The maximum absolute atomic E-state index is 5.35. The Hall–Kier alpha value is -2.30. The van der Waals surface area contributed by atoms with Gasteiger partial charge in [0.15, 0.2) is 0 Å². The van der Waals surface area contributed by atoms with E-state index in [2.05, 4.69) is 27.5 Å². The fourth-order valence-electron chi connectivity index (χ4n) is 2.15. The van der Waals surface area contributed by atoms with Crippen molar-refractivity contribution in [2.24, 2.45) is 0 Å². The normalized spacial score (nSPS) is 10.3. The number of rotatable bonds is 8. The smallest absolute Gasteiger partial charge is 0.225 e. The molecule has 1 aromatic heterocycles. The molecule has 118 valence electrons. The zero-order valence-electron chi connectivity index (χ0n) is 13.5. The summed E-state index contributed by atoms with van der Waals surface area (Å²) in [7, 11) is 1.68. The van der Waals surface area contributed by atoms with Gasteiger partial charge >= 0.3 is 0 Å². The van der Waals surface area contributed by atoms with Crippen molar-refractivity contribution in [1.29, 1.82) is 0 Å². The molecule has 2 rings (SSSR count). The van der Waals surface area contributed by atoms with Crippen LogP contribution in [0.5, 0.6) is 5.75 Å². The molecule has 1 aromatic carbocycles. The zero-order chi connectivity index (χ0) is 15.8. The van der Waals surface area contributed by atoms with Crippen molar-refractivity contribution in [3.8, 4) is 5.75 Å². The summed E-state index contributed by atoms with van der Waals surface area (Å²) >= 11 is 0. The highest BCUT2D eigenvalue weighted by molar-refractivity contribution is 5.43. The van der Waals surface area contributed by atoms with Gasteiger partial charge in [0.2, 0.25) is 5.95 Å². The Kier molecular flexibility index (Phi) is 6.01. The molecule has 0 saturated carbocycles. The number of hydrogen-bond acceptors (Lipinski definition) is 5. The van der Waals surface area contributed by atoms with Gasteiger partial charge in [0.1, 0.15) is 11.6 Å². The summed E-state index contributed by atoms with van der Waals surface area (Å²) in [5, 5.41) is 6.60. The van der Waals surface area contributed by atoms with Gasteiger partial charge in [-0.25, -0.2) is 4.98 Å². The van der Waals surface area contributed by atoms with Crippen molar-refractivity contribution < 1.29 is 4.74 Å². The number of ether oxygens (including phenoxy) is 1. The van der Waals surface area contributed by atoms with Gasteiger partial charge in [0.25, 0.3) is 0 Å². The molecule has 5 heteroatoms. The summed E-state index contributed by atoms with van der Waals surface area (Å²) in [6.07, 6.45) is 2.29. The standard InChI is InChI=1S/C17H24N4O/c1-4-5-10-18-16-11-13(2)20-17(21-16)19-12-14-8-6-7-9-15(14)22-3/h6-9,11H,4-5,10,12H2,1-3H3,(H2,18,19,20,21). The number of anilines is 2. The minimum atomic E-state index is 0.627. The summed E-state index contributed by atoms with van der Waals surface area (Å²) < 4.78 is 5.35. The summed E-state index contributed by atoms with van der Waals surface area (Å²) in [5.74, 6) is 2.36.